The van der Waals surface area contributed by atoms with Crippen molar-refractivity contribution >= 4 is 16.7 Å². The summed E-state index contributed by atoms with van der Waals surface area (Å²) in [5.41, 5.74) is 5.97. The number of benzene rings is 1. The Balaban J connectivity index is 1.48. The van der Waals surface area contributed by atoms with Gasteiger partial charge in [-0.2, -0.15) is 20.6 Å². The average Bonchev–Trinajstić information content (AvgIpc) is 3.48. The number of nitrogens with zero attached hydrogens (tertiary/aromatic N) is 6. The van der Waals surface area contributed by atoms with Gasteiger partial charge in [0.25, 0.3) is 0 Å². The van der Waals surface area contributed by atoms with Gasteiger partial charge in [-0.05, 0) is 63.4 Å². The summed E-state index contributed by atoms with van der Waals surface area (Å²) in [5, 5.41) is 26.4. The van der Waals surface area contributed by atoms with Crippen LogP contribution in [-0.4, -0.2) is 38.5 Å². The van der Waals surface area contributed by atoms with E-state index in [1.165, 1.54) is 0 Å². The highest BCUT2D eigenvalue weighted by molar-refractivity contribution is 5.94. The highest BCUT2D eigenvalue weighted by atomic mass is 16.5. The summed E-state index contributed by atoms with van der Waals surface area (Å²) in [6.45, 7) is 7.85. The number of hydrogen-bond acceptors (Lipinski definition) is 7. The van der Waals surface area contributed by atoms with E-state index in [4.69, 9.17) is 4.74 Å². The number of hydrogen-bond donors (Lipinski definition) is 1. The van der Waals surface area contributed by atoms with E-state index in [0.717, 1.165) is 76.5 Å². The Hall–Kier alpha value is -3.99. The van der Waals surface area contributed by atoms with Gasteiger partial charge < -0.3 is 9.64 Å². The van der Waals surface area contributed by atoms with Crippen LogP contribution in [0.25, 0.3) is 22.2 Å². The van der Waals surface area contributed by atoms with Gasteiger partial charge in [0.15, 0.2) is 0 Å². The number of aromatic nitrogens is 5. The topological polar surface area (TPSA) is 104 Å². The number of aryl methyl sites for hydroxylation is 2. The molecule has 5 rings (SSSR count). The molecule has 1 atom stereocenters. The Morgan fingerprint density at radius 3 is 2.73 bits per heavy atom. The molecule has 4 heterocycles. The molecule has 8 nitrogen and oxygen atoms in total. The van der Waals surface area contributed by atoms with Crippen molar-refractivity contribution in [3.05, 3.63) is 59.0 Å². The Morgan fingerprint density at radius 1 is 1.15 bits per heavy atom. The molecule has 1 aromatic carbocycles. The third kappa shape index (κ3) is 3.87. The molecule has 0 aliphatic carbocycles. The molecule has 1 fully saturated rings. The molecule has 1 aliphatic heterocycles. The summed E-state index contributed by atoms with van der Waals surface area (Å²) in [6.07, 6.45) is 5.64. The second-order valence-electron chi connectivity index (χ2n) is 8.47. The van der Waals surface area contributed by atoms with Crippen LogP contribution in [0.4, 0.5) is 5.82 Å². The Labute approximate surface area is 192 Å². The van der Waals surface area contributed by atoms with E-state index in [0.29, 0.717) is 5.56 Å². The van der Waals surface area contributed by atoms with E-state index in [-0.39, 0.29) is 6.10 Å². The fourth-order valence-electron chi connectivity index (χ4n) is 4.63. The van der Waals surface area contributed by atoms with Crippen LogP contribution in [-0.2, 0) is 0 Å². The maximum Gasteiger partial charge on any atom is 0.146 e. The normalized spacial score (nSPS) is 14.4. The number of pyridine rings is 1. The van der Waals surface area contributed by atoms with E-state index >= 15 is 0 Å². The van der Waals surface area contributed by atoms with E-state index in [1.807, 2.05) is 45.0 Å². The molecule has 3 aromatic heterocycles. The largest absolute Gasteiger partial charge is 0.486 e. The van der Waals surface area contributed by atoms with Crippen molar-refractivity contribution in [2.24, 2.45) is 0 Å². The molecule has 166 valence electrons. The quantitative estimate of drug-likeness (QED) is 0.483. The van der Waals surface area contributed by atoms with Gasteiger partial charge in [-0.25, -0.2) is 4.98 Å². The number of anilines is 1. The van der Waals surface area contributed by atoms with Gasteiger partial charge in [-0.1, -0.05) is 0 Å². The van der Waals surface area contributed by atoms with Crippen LogP contribution in [0, 0.1) is 25.2 Å². The molecule has 1 N–H and O–H groups in total. The molecule has 0 spiro atoms. The lowest BCUT2D eigenvalue weighted by molar-refractivity contribution is 0.225. The van der Waals surface area contributed by atoms with Gasteiger partial charge >= 0.3 is 0 Å². The van der Waals surface area contributed by atoms with Crippen molar-refractivity contribution in [1.82, 2.24) is 25.4 Å². The van der Waals surface area contributed by atoms with E-state index in [2.05, 4.69) is 36.3 Å². The van der Waals surface area contributed by atoms with Crippen molar-refractivity contribution in [1.29, 1.82) is 5.26 Å². The molecule has 0 saturated carbocycles. The van der Waals surface area contributed by atoms with Gasteiger partial charge in [-0.15, -0.1) is 0 Å². The van der Waals surface area contributed by atoms with Gasteiger partial charge in [0, 0.05) is 35.8 Å². The van der Waals surface area contributed by atoms with E-state index < -0.39 is 0 Å². The average molecular weight is 440 g/mol. The minimum absolute atomic E-state index is 0.181. The predicted octanol–water partition coefficient (Wildman–Crippen LogP) is 4.64. The fourth-order valence-corrected chi connectivity index (χ4v) is 4.63. The highest BCUT2D eigenvalue weighted by Gasteiger charge is 2.20. The Bertz CT molecular complexity index is 1340. The van der Waals surface area contributed by atoms with Crippen LogP contribution in [0.1, 0.15) is 48.3 Å². The van der Waals surface area contributed by atoms with Crippen molar-refractivity contribution < 1.29 is 4.74 Å². The van der Waals surface area contributed by atoms with Crippen molar-refractivity contribution in [3.8, 4) is 23.1 Å². The van der Waals surface area contributed by atoms with Crippen LogP contribution in [0.2, 0.25) is 0 Å². The van der Waals surface area contributed by atoms with Gasteiger partial charge in [0.05, 0.1) is 23.0 Å². The zero-order chi connectivity index (χ0) is 22.9. The first-order chi connectivity index (χ1) is 16.0. The third-order valence-electron chi connectivity index (χ3n) is 6.19. The van der Waals surface area contributed by atoms with Crippen molar-refractivity contribution in [2.75, 3.05) is 18.0 Å². The Kier molecular flexibility index (Phi) is 5.38. The summed E-state index contributed by atoms with van der Waals surface area (Å²) < 4.78 is 6.28. The maximum atomic E-state index is 9.74. The zero-order valence-electron chi connectivity index (χ0n) is 19.0. The van der Waals surface area contributed by atoms with Crippen LogP contribution in [0.5, 0.6) is 5.75 Å². The summed E-state index contributed by atoms with van der Waals surface area (Å²) in [6, 6.07) is 10.0. The zero-order valence-corrected chi connectivity index (χ0v) is 19.0. The second kappa shape index (κ2) is 8.51. The highest BCUT2D eigenvalue weighted by Crippen LogP contribution is 2.33. The summed E-state index contributed by atoms with van der Waals surface area (Å²) in [5.74, 6) is 1.49. The predicted molar refractivity (Wildman–Crippen MR) is 126 cm³/mol. The van der Waals surface area contributed by atoms with E-state index in [1.54, 1.807) is 12.4 Å². The molecular formula is C25H25N7O. The molecule has 33 heavy (non-hydrogen) atoms. The lowest BCUT2D eigenvalue weighted by atomic mass is 10.0. The second-order valence-corrected chi connectivity index (χ2v) is 8.47. The monoisotopic (exact) mass is 439 g/mol. The van der Waals surface area contributed by atoms with Gasteiger partial charge in [0.2, 0.25) is 0 Å². The molecule has 1 saturated heterocycles. The summed E-state index contributed by atoms with van der Waals surface area (Å²) in [7, 11) is 0. The maximum absolute atomic E-state index is 9.74. The van der Waals surface area contributed by atoms with E-state index in [9.17, 15) is 5.26 Å². The lowest BCUT2D eigenvalue weighted by Gasteiger charge is -2.18. The fraction of sp³-hybridized carbons (Fsp3) is 0.320. The van der Waals surface area contributed by atoms with Crippen LogP contribution in [0.15, 0.2) is 36.7 Å². The minimum Gasteiger partial charge on any atom is -0.486 e. The molecule has 1 aliphatic rings. The van der Waals surface area contributed by atoms with Crippen LogP contribution < -0.4 is 9.64 Å². The molecule has 4 aromatic rings. The number of rotatable bonds is 5. The first kappa shape index (κ1) is 20.9. The first-order valence-corrected chi connectivity index (χ1v) is 11.1. The molecule has 1 unspecified atom stereocenters. The van der Waals surface area contributed by atoms with Crippen LogP contribution >= 0.6 is 0 Å². The number of nitrogens with one attached hydrogen (secondary N) is 1. The minimum atomic E-state index is -0.181. The molecular weight excluding hydrogens is 414 g/mol. The summed E-state index contributed by atoms with van der Waals surface area (Å²) >= 11 is 0. The lowest BCUT2D eigenvalue weighted by Crippen LogP contribution is -2.20. The molecule has 0 bridgehead atoms. The smallest absolute Gasteiger partial charge is 0.146 e. The number of H-pyrrole nitrogens is 1. The standard InChI is InChI=1S/C25H25N7O/c1-15-13-28-29-16(2)23(15)17(3)33-20-6-7-22-21(11-20)24(31-30-22)19-10-18(12-26)25(27-14-19)32-8-4-5-9-32/h6-7,10-11,13-14,17H,4-5,8-9H2,1-3H3,(H,30,31). The van der Waals surface area contributed by atoms with Gasteiger partial charge in [-0.3, -0.25) is 5.10 Å². The number of ether oxygens (including phenoxy) is 1. The van der Waals surface area contributed by atoms with Crippen LogP contribution in [0.3, 0.4) is 0 Å². The van der Waals surface area contributed by atoms with Gasteiger partial charge in [0.1, 0.15) is 29.4 Å². The van der Waals surface area contributed by atoms with Crippen molar-refractivity contribution in [2.45, 2.75) is 39.7 Å². The molecule has 0 amide bonds. The SMILES string of the molecule is Cc1cnnc(C)c1C(C)Oc1ccc2[nH]nc(-c3cnc(N4CCCC4)c(C#N)c3)c2c1. The number of aromatic amines is 1. The third-order valence-corrected chi connectivity index (χ3v) is 6.19. The number of nitriles is 1. The Morgan fingerprint density at radius 2 is 1.97 bits per heavy atom. The first-order valence-electron chi connectivity index (χ1n) is 11.1. The summed E-state index contributed by atoms with van der Waals surface area (Å²) in [4.78, 5) is 6.81. The molecule has 8 heteroatoms. The number of fused-ring (bicyclic) bond motifs is 1. The van der Waals surface area contributed by atoms with Crippen molar-refractivity contribution in [3.63, 3.8) is 0 Å². The molecule has 0 radical (unpaired) electrons.